The Kier molecular flexibility index (Phi) is 3.37. The lowest BCUT2D eigenvalue weighted by Gasteiger charge is -2.06. The van der Waals surface area contributed by atoms with Gasteiger partial charge < -0.3 is 4.74 Å². The van der Waals surface area contributed by atoms with Crippen molar-refractivity contribution >= 4 is 0 Å². The van der Waals surface area contributed by atoms with Gasteiger partial charge in [-0.15, -0.1) is 0 Å². The first-order valence-electron chi connectivity index (χ1n) is 5.43. The normalized spacial score (nSPS) is 9.65. The molecule has 0 radical (unpaired) electrons. The van der Waals surface area contributed by atoms with Crippen molar-refractivity contribution in [1.29, 1.82) is 5.26 Å². The minimum Gasteiger partial charge on any atom is -0.491 e. The summed E-state index contributed by atoms with van der Waals surface area (Å²) in [6.07, 6.45) is 1.60. The lowest BCUT2D eigenvalue weighted by atomic mass is 10.1. The SMILES string of the molecule is CCOc1cnc(-c2ccccc2)cc1C#N. The van der Waals surface area contributed by atoms with Gasteiger partial charge in [0.25, 0.3) is 0 Å². The van der Waals surface area contributed by atoms with E-state index in [0.29, 0.717) is 17.9 Å². The Bertz CT molecular complexity index is 544. The van der Waals surface area contributed by atoms with E-state index in [4.69, 9.17) is 10.00 Å². The highest BCUT2D eigenvalue weighted by atomic mass is 16.5. The fourth-order valence-corrected chi connectivity index (χ4v) is 1.57. The van der Waals surface area contributed by atoms with Gasteiger partial charge >= 0.3 is 0 Å². The molecule has 2 aromatic rings. The van der Waals surface area contributed by atoms with Crippen LogP contribution in [-0.4, -0.2) is 11.6 Å². The first kappa shape index (κ1) is 11.2. The summed E-state index contributed by atoms with van der Waals surface area (Å²) in [5, 5.41) is 9.06. The third-order valence-corrected chi connectivity index (χ3v) is 2.36. The summed E-state index contributed by atoms with van der Waals surface area (Å²) >= 11 is 0. The van der Waals surface area contributed by atoms with E-state index in [0.717, 1.165) is 11.3 Å². The number of benzene rings is 1. The highest BCUT2D eigenvalue weighted by molar-refractivity contribution is 5.62. The van der Waals surface area contributed by atoms with E-state index < -0.39 is 0 Å². The van der Waals surface area contributed by atoms with E-state index in [2.05, 4.69) is 11.1 Å². The molecule has 0 atom stereocenters. The maximum absolute atomic E-state index is 9.06. The van der Waals surface area contributed by atoms with E-state index in [-0.39, 0.29) is 0 Å². The Morgan fingerprint density at radius 3 is 2.71 bits per heavy atom. The van der Waals surface area contributed by atoms with Crippen molar-refractivity contribution in [3.8, 4) is 23.1 Å². The Balaban J connectivity index is 2.43. The summed E-state index contributed by atoms with van der Waals surface area (Å²) in [5.41, 5.74) is 2.29. The van der Waals surface area contributed by atoms with Gasteiger partial charge in [-0.2, -0.15) is 5.26 Å². The van der Waals surface area contributed by atoms with Crippen LogP contribution in [0.5, 0.6) is 5.75 Å². The van der Waals surface area contributed by atoms with Crippen LogP contribution in [0.25, 0.3) is 11.3 Å². The van der Waals surface area contributed by atoms with Crippen LogP contribution in [0, 0.1) is 11.3 Å². The second-order valence-electron chi connectivity index (χ2n) is 3.48. The summed E-state index contributed by atoms with van der Waals surface area (Å²) in [6, 6.07) is 13.6. The Labute approximate surface area is 100 Å². The van der Waals surface area contributed by atoms with E-state index in [1.807, 2.05) is 37.3 Å². The second-order valence-corrected chi connectivity index (χ2v) is 3.48. The minimum absolute atomic E-state index is 0.515. The fourth-order valence-electron chi connectivity index (χ4n) is 1.57. The second kappa shape index (κ2) is 5.13. The number of pyridine rings is 1. The summed E-state index contributed by atoms with van der Waals surface area (Å²) < 4.78 is 5.33. The first-order valence-corrected chi connectivity index (χ1v) is 5.43. The van der Waals surface area contributed by atoms with E-state index in [1.165, 1.54) is 0 Å². The summed E-state index contributed by atoms with van der Waals surface area (Å²) in [5.74, 6) is 0.537. The molecule has 1 heterocycles. The van der Waals surface area contributed by atoms with Crippen LogP contribution in [-0.2, 0) is 0 Å². The molecule has 1 aromatic heterocycles. The molecule has 17 heavy (non-hydrogen) atoms. The van der Waals surface area contributed by atoms with Crippen LogP contribution in [0.2, 0.25) is 0 Å². The molecule has 0 amide bonds. The maximum Gasteiger partial charge on any atom is 0.155 e. The monoisotopic (exact) mass is 224 g/mol. The van der Waals surface area contributed by atoms with Crippen molar-refractivity contribution in [3.63, 3.8) is 0 Å². The third kappa shape index (κ3) is 2.43. The van der Waals surface area contributed by atoms with E-state index in [9.17, 15) is 0 Å². The summed E-state index contributed by atoms with van der Waals surface area (Å²) in [4.78, 5) is 4.30. The molecule has 0 aliphatic carbocycles. The van der Waals surface area contributed by atoms with Crippen molar-refractivity contribution in [2.24, 2.45) is 0 Å². The molecule has 0 bridgehead atoms. The van der Waals surface area contributed by atoms with Crippen LogP contribution in [0.1, 0.15) is 12.5 Å². The summed E-state index contributed by atoms with van der Waals surface area (Å²) in [6.45, 7) is 2.41. The molecule has 0 fully saturated rings. The molecule has 3 heteroatoms. The number of nitrogens with zero attached hydrogens (tertiary/aromatic N) is 2. The molecule has 84 valence electrons. The zero-order valence-electron chi connectivity index (χ0n) is 9.55. The van der Waals surface area contributed by atoms with Crippen molar-refractivity contribution in [1.82, 2.24) is 4.98 Å². The standard InChI is InChI=1S/C14H12N2O/c1-2-17-14-10-16-13(8-12(14)9-15)11-6-4-3-5-7-11/h3-8,10H,2H2,1H3. The molecule has 0 aliphatic heterocycles. The van der Waals surface area contributed by atoms with Gasteiger partial charge in [-0.1, -0.05) is 30.3 Å². The Hall–Kier alpha value is -2.34. The highest BCUT2D eigenvalue weighted by Crippen LogP contribution is 2.23. The number of aromatic nitrogens is 1. The van der Waals surface area contributed by atoms with Crippen molar-refractivity contribution in [2.75, 3.05) is 6.61 Å². The van der Waals surface area contributed by atoms with Crippen molar-refractivity contribution in [2.45, 2.75) is 6.92 Å². The molecular formula is C14H12N2O. The lowest BCUT2D eigenvalue weighted by Crippen LogP contribution is -1.96. The van der Waals surface area contributed by atoms with Gasteiger partial charge in [-0.3, -0.25) is 4.98 Å². The maximum atomic E-state index is 9.06. The topological polar surface area (TPSA) is 45.9 Å². The number of rotatable bonds is 3. The van der Waals surface area contributed by atoms with Gasteiger partial charge in [0.1, 0.15) is 6.07 Å². The summed E-state index contributed by atoms with van der Waals surface area (Å²) in [7, 11) is 0. The predicted octanol–water partition coefficient (Wildman–Crippen LogP) is 3.02. The minimum atomic E-state index is 0.515. The number of hydrogen-bond donors (Lipinski definition) is 0. The number of hydrogen-bond acceptors (Lipinski definition) is 3. The molecule has 0 saturated carbocycles. The molecule has 0 unspecified atom stereocenters. The molecule has 2 rings (SSSR count). The van der Waals surface area contributed by atoms with Gasteiger partial charge in [0, 0.05) is 5.56 Å². The average Bonchev–Trinajstić information content (AvgIpc) is 2.40. The molecule has 0 N–H and O–H groups in total. The molecule has 0 spiro atoms. The number of ether oxygens (including phenoxy) is 1. The van der Waals surface area contributed by atoms with Crippen molar-refractivity contribution < 1.29 is 4.74 Å². The Morgan fingerprint density at radius 2 is 2.06 bits per heavy atom. The fraction of sp³-hybridized carbons (Fsp3) is 0.143. The molecule has 1 aromatic carbocycles. The smallest absolute Gasteiger partial charge is 0.155 e. The molecule has 0 saturated heterocycles. The van der Waals surface area contributed by atoms with Gasteiger partial charge in [-0.05, 0) is 13.0 Å². The quantitative estimate of drug-likeness (QED) is 0.805. The lowest BCUT2D eigenvalue weighted by molar-refractivity contribution is 0.338. The molecule has 0 aliphatic rings. The molecular weight excluding hydrogens is 212 g/mol. The zero-order chi connectivity index (χ0) is 12.1. The van der Waals surface area contributed by atoms with Crippen LogP contribution in [0.3, 0.4) is 0 Å². The van der Waals surface area contributed by atoms with Gasteiger partial charge in [0.15, 0.2) is 5.75 Å². The first-order chi connectivity index (χ1) is 8.35. The van der Waals surface area contributed by atoms with Crippen molar-refractivity contribution in [3.05, 3.63) is 48.2 Å². The highest BCUT2D eigenvalue weighted by Gasteiger charge is 2.06. The van der Waals surface area contributed by atoms with Crippen LogP contribution in [0.4, 0.5) is 0 Å². The van der Waals surface area contributed by atoms with Crippen LogP contribution in [0.15, 0.2) is 42.6 Å². The number of nitriles is 1. The van der Waals surface area contributed by atoms with Crippen LogP contribution >= 0.6 is 0 Å². The molecule has 3 nitrogen and oxygen atoms in total. The van der Waals surface area contributed by atoms with E-state index in [1.54, 1.807) is 12.3 Å². The Morgan fingerprint density at radius 1 is 1.29 bits per heavy atom. The largest absolute Gasteiger partial charge is 0.491 e. The van der Waals surface area contributed by atoms with Gasteiger partial charge in [0.05, 0.1) is 24.1 Å². The van der Waals surface area contributed by atoms with Gasteiger partial charge in [0.2, 0.25) is 0 Å². The average molecular weight is 224 g/mol. The van der Waals surface area contributed by atoms with E-state index >= 15 is 0 Å². The van der Waals surface area contributed by atoms with Gasteiger partial charge in [-0.25, -0.2) is 0 Å². The predicted molar refractivity (Wildman–Crippen MR) is 65.6 cm³/mol. The van der Waals surface area contributed by atoms with Crippen LogP contribution < -0.4 is 4.74 Å². The zero-order valence-corrected chi connectivity index (χ0v) is 9.55. The third-order valence-electron chi connectivity index (χ3n) is 2.36.